The SMILES string of the molecule is C[Si](C)(C)OCC(CCCCCCC1=CC(O[Si](C)(C)C)CC1=O)O[Si](C)(C)C. The van der Waals surface area contributed by atoms with Crippen LogP contribution in [0.2, 0.25) is 58.9 Å². The van der Waals surface area contributed by atoms with E-state index in [0.29, 0.717) is 12.2 Å². The summed E-state index contributed by atoms with van der Waals surface area (Å²) < 4.78 is 18.6. The lowest BCUT2D eigenvalue weighted by atomic mass is 10.0. The molecule has 0 aromatic carbocycles. The second kappa shape index (κ2) is 11.5. The maximum Gasteiger partial charge on any atom is 0.184 e. The second-order valence-electron chi connectivity index (χ2n) is 11.3. The lowest BCUT2D eigenvalue weighted by Crippen LogP contribution is -2.38. The van der Waals surface area contributed by atoms with E-state index in [1.54, 1.807) is 0 Å². The molecule has 1 rings (SSSR count). The van der Waals surface area contributed by atoms with Crippen molar-refractivity contribution in [2.24, 2.45) is 0 Å². The number of hydrogen-bond acceptors (Lipinski definition) is 4. The Balaban J connectivity index is 2.31. The molecule has 4 nitrogen and oxygen atoms in total. The van der Waals surface area contributed by atoms with Crippen LogP contribution in [0, 0.1) is 0 Å². The summed E-state index contributed by atoms with van der Waals surface area (Å²) in [6, 6.07) is 0. The van der Waals surface area contributed by atoms with E-state index < -0.39 is 25.0 Å². The van der Waals surface area contributed by atoms with E-state index in [-0.39, 0.29) is 12.2 Å². The zero-order valence-corrected chi connectivity index (χ0v) is 23.5. The Morgan fingerprint density at radius 2 is 1.52 bits per heavy atom. The van der Waals surface area contributed by atoms with Gasteiger partial charge >= 0.3 is 0 Å². The molecule has 0 spiro atoms. The van der Waals surface area contributed by atoms with Gasteiger partial charge in [0.05, 0.1) is 18.8 Å². The van der Waals surface area contributed by atoms with Crippen molar-refractivity contribution in [1.29, 1.82) is 0 Å². The van der Waals surface area contributed by atoms with Crippen molar-refractivity contribution < 1.29 is 18.1 Å². The van der Waals surface area contributed by atoms with Crippen molar-refractivity contribution in [3.63, 3.8) is 0 Å². The van der Waals surface area contributed by atoms with Crippen molar-refractivity contribution in [3.05, 3.63) is 11.6 Å². The molecule has 0 heterocycles. The number of carbonyl (C=O) groups excluding carboxylic acids is 1. The minimum absolute atomic E-state index is 0.0232. The number of ketones is 1. The molecule has 2 atom stereocenters. The highest BCUT2D eigenvalue weighted by molar-refractivity contribution is 6.70. The average molecular weight is 459 g/mol. The first-order chi connectivity index (χ1) is 13.1. The van der Waals surface area contributed by atoms with Crippen LogP contribution in [0.3, 0.4) is 0 Å². The molecule has 7 heteroatoms. The fourth-order valence-corrected chi connectivity index (χ4v) is 6.43. The summed E-state index contributed by atoms with van der Waals surface area (Å²) in [7, 11) is -4.66. The molecule has 0 bridgehead atoms. The smallest absolute Gasteiger partial charge is 0.184 e. The fourth-order valence-electron chi connectivity index (χ4n) is 3.50. The highest BCUT2D eigenvalue weighted by Gasteiger charge is 2.28. The molecule has 0 aromatic heterocycles. The zero-order chi connectivity index (χ0) is 22.3. The Kier molecular flexibility index (Phi) is 10.7. The number of allylic oxidation sites excluding steroid dienone is 1. The predicted molar refractivity (Wildman–Crippen MR) is 131 cm³/mol. The normalized spacial score (nSPS) is 19.6. The average Bonchev–Trinajstić information content (AvgIpc) is 2.83. The Morgan fingerprint density at radius 3 is 2.07 bits per heavy atom. The van der Waals surface area contributed by atoms with Crippen LogP contribution in [0.4, 0.5) is 0 Å². The van der Waals surface area contributed by atoms with Crippen molar-refractivity contribution in [2.75, 3.05) is 6.61 Å². The summed E-state index contributed by atoms with van der Waals surface area (Å²) in [6.45, 7) is 20.7. The van der Waals surface area contributed by atoms with E-state index in [4.69, 9.17) is 13.3 Å². The molecule has 0 saturated heterocycles. The van der Waals surface area contributed by atoms with E-state index in [1.165, 1.54) is 19.3 Å². The van der Waals surface area contributed by atoms with Gasteiger partial charge in [0.15, 0.2) is 30.7 Å². The van der Waals surface area contributed by atoms with Crippen LogP contribution in [0.1, 0.15) is 44.9 Å². The minimum Gasteiger partial charge on any atom is -0.415 e. The van der Waals surface area contributed by atoms with E-state index >= 15 is 0 Å². The van der Waals surface area contributed by atoms with Crippen LogP contribution in [-0.2, 0) is 18.1 Å². The minimum atomic E-state index is -1.59. The van der Waals surface area contributed by atoms with Gasteiger partial charge in [-0.25, -0.2) is 0 Å². The predicted octanol–water partition coefficient (Wildman–Crippen LogP) is 6.52. The van der Waals surface area contributed by atoms with Crippen molar-refractivity contribution in [3.8, 4) is 0 Å². The third kappa shape index (κ3) is 13.8. The molecule has 0 fully saturated rings. The summed E-state index contributed by atoms with van der Waals surface area (Å²) in [5.41, 5.74) is 0.997. The first-order valence-corrected chi connectivity index (χ1v) is 21.6. The van der Waals surface area contributed by atoms with E-state index in [9.17, 15) is 4.79 Å². The lowest BCUT2D eigenvalue weighted by Gasteiger charge is -2.29. The van der Waals surface area contributed by atoms with Gasteiger partial charge in [-0.3, -0.25) is 4.79 Å². The molecular formula is C22H46O4Si3. The highest BCUT2D eigenvalue weighted by atomic mass is 28.4. The quantitative estimate of drug-likeness (QED) is 0.219. The van der Waals surface area contributed by atoms with Gasteiger partial charge in [0.25, 0.3) is 0 Å². The Hall–Kier alpha value is -0.0594. The van der Waals surface area contributed by atoms with Gasteiger partial charge in [0.2, 0.25) is 0 Å². The maximum absolute atomic E-state index is 12.2. The molecule has 0 amide bonds. The molecule has 0 radical (unpaired) electrons. The molecule has 170 valence electrons. The first kappa shape index (κ1) is 27.0. The topological polar surface area (TPSA) is 44.8 Å². The van der Waals surface area contributed by atoms with Gasteiger partial charge in [-0.15, -0.1) is 0 Å². The van der Waals surface area contributed by atoms with E-state index in [0.717, 1.165) is 31.4 Å². The van der Waals surface area contributed by atoms with Crippen molar-refractivity contribution in [1.82, 2.24) is 0 Å². The molecule has 1 aliphatic rings. The number of carbonyl (C=O) groups is 1. The molecule has 29 heavy (non-hydrogen) atoms. The van der Waals surface area contributed by atoms with Crippen molar-refractivity contribution >= 4 is 30.7 Å². The molecule has 0 N–H and O–H groups in total. The Morgan fingerprint density at radius 1 is 0.897 bits per heavy atom. The van der Waals surface area contributed by atoms with Crippen LogP contribution >= 0.6 is 0 Å². The van der Waals surface area contributed by atoms with Gasteiger partial charge in [-0.05, 0) is 89.8 Å². The molecular weight excluding hydrogens is 412 g/mol. The lowest BCUT2D eigenvalue weighted by molar-refractivity contribution is -0.115. The van der Waals surface area contributed by atoms with Gasteiger partial charge in [-0.1, -0.05) is 19.3 Å². The van der Waals surface area contributed by atoms with E-state index in [2.05, 4.69) is 65.0 Å². The number of unbranched alkanes of at least 4 members (excludes halogenated alkanes) is 3. The number of Topliss-reactive ketones (excluding diaryl/α,β-unsaturated/α-hetero) is 1. The summed E-state index contributed by atoms with van der Waals surface area (Å²) in [5.74, 6) is 0.292. The monoisotopic (exact) mass is 458 g/mol. The van der Waals surface area contributed by atoms with Gasteiger partial charge in [-0.2, -0.15) is 0 Å². The molecule has 2 unspecified atom stereocenters. The van der Waals surface area contributed by atoms with Crippen LogP contribution < -0.4 is 0 Å². The van der Waals surface area contributed by atoms with Gasteiger partial charge in [0, 0.05) is 6.42 Å². The molecule has 0 aromatic rings. The maximum atomic E-state index is 12.2. The standard InChI is InChI=1S/C22H46O4Si3/c1-27(2,3)24-18-20(25-28(4,5)6)15-13-11-10-12-14-19-16-21(17-22(19)23)26-29(7,8)9/h16,20-21H,10-15,17-18H2,1-9H3. The molecule has 0 saturated carbocycles. The fraction of sp³-hybridized carbons (Fsp3) is 0.864. The Labute approximate surface area is 183 Å². The Bertz CT molecular complexity index is 542. The number of hydrogen-bond donors (Lipinski definition) is 0. The third-order valence-electron chi connectivity index (χ3n) is 4.58. The summed E-state index contributed by atoms with van der Waals surface area (Å²) in [4.78, 5) is 12.2. The van der Waals surface area contributed by atoms with Crippen LogP contribution in [0.25, 0.3) is 0 Å². The number of rotatable bonds is 14. The third-order valence-corrected chi connectivity index (χ3v) is 7.66. The van der Waals surface area contributed by atoms with Crippen LogP contribution in [0.15, 0.2) is 11.6 Å². The first-order valence-electron chi connectivity index (χ1n) is 11.4. The largest absolute Gasteiger partial charge is 0.415 e. The highest BCUT2D eigenvalue weighted by Crippen LogP contribution is 2.25. The van der Waals surface area contributed by atoms with Crippen LogP contribution in [-0.4, -0.2) is 49.6 Å². The van der Waals surface area contributed by atoms with Gasteiger partial charge in [0.1, 0.15) is 0 Å². The van der Waals surface area contributed by atoms with E-state index in [1.807, 2.05) is 0 Å². The summed E-state index contributed by atoms with van der Waals surface area (Å²) in [5, 5.41) is 0. The summed E-state index contributed by atoms with van der Waals surface area (Å²) in [6.07, 6.45) is 9.47. The zero-order valence-electron chi connectivity index (χ0n) is 20.5. The van der Waals surface area contributed by atoms with Crippen LogP contribution in [0.5, 0.6) is 0 Å². The second-order valence-corrected chi connectivity index (χ2v) is 24.8. The van der Waals surface area contributed by atoms with Gasteiger partial charge < -0.3 is 13.3 Å². The summed E-state index contributed by atoms with van der Waals surface area (Å²) >= 11 is 0. The van der Waals surface area contributed by atoms with Crippen molar-refractivity contribution in [2.45, 2.75) is 116 Å². The molecule has 1 aliphatic carbocycles. The molecule has 0 aliphatic heterocycles.